The lowest BCUT2D eigenvalue weighted by Crippen LogP contribution is -2.07. The van der Waals surface area contributed by atoms with Crippen molar-refractivity contribution in [2.75, 3.05) is 7.11 Å². The fraction of sp³-hybridized carbons (Fsp3) is 0.375. The number of methoxy groups -OCH3 is 1. The van der Waals surface area contributed by atoms with Crippen LogP contribution < -0.4 is 0 Å². The average Bonchev–Trinajstić information content (AvgIpc) is 2.97. The van der Waals surface area contributed by atoms with Gasteiger partial charge in [-0.2, -0.15) is 0 Å². The number of hydrogen-bond acceptors (Lipinski definition) is 3. The maximum atomic E-state index is 11.7. The van der Waals surface area contributed by atoms with Crippen LogP contribution in [0.25, 0.3) is 0 Å². The first-order valence-electron chi connectivity index (χ1n) is 6.32. The molecule has 0 spiro atoms. The van der Waals surface area contributed by atoms with E-state index in [1.54, 1.807) is 0 Å². The third-order valence-electron chi connectivity index (χ3n) is 3.82. The molecule has 3 heteroatoms. The Morgan fingerprint density at radius 1 is 1.32 bits per heavy atom. The van der Waals surface area contributed by atoms with Crippen LogP contribution in [-0.2, 0) is 14.3 Å². The number of esters is 1. The van der Waals surface area contributed by atoms with Crippen LogP contribution in [0, 0.1) is 11.3 Å². The van der Waals surface area contributed by atoms with Gasteiger partial charge in [0.05, 0.1) is 18.9 Å². The number of carbonyl (C=O) groups is 2. The van der Waals surface area contributed by atoms with Gasteiger partial charge in [-0.1, -0.05) is 55.8 Å². The molecule has 1 saturated carbocycles. The summed E-state index contributed by atoms with van der Waals surface area (Å²) in [4.78, 5) is 22.9. The van der Waals surface area contributed by atoms with Crippen molar-refractivity contribution < 1.29 is 14.3 Å². The Morgan fingerprint density at radius 2 is 1.95 bits per heavy atom. The first-order chi connectivity index (χ1) is 9.02. The summed E-state index contributed by atoms with van der Waals surface area (Å²) in [6.45, 7) is 3.99. The van der Waals surface area contributed by atoms with Crippen LogP contribution in [0.15, 0.2) is 42.0 Å². The third-order valence-corrected chi connectivity index (χ3v) is 3.82. The van der Waals surface area contributed by atoms with E-state index in [-0.39, 0.29) is 23.2 Å². The van der Waals surface area contributed by atoms with Crippen molar-refractivity contribution in [3.05, 3.63) is 47.5 Å². The van der Waals surface area contributed by atoms with Crippen molar-refractivity contribution in [3.8, 4) is 0 Å². The lowest BCUT2D eigenvalue weighted by molar-refractivity contribution is -0.142. The van der Waals surface area contributed by atoms with Crippen molar-refractivity contribution in [1.82, 2.24) is 0 Å². The van der Waals surface area contributed by atoms with Crippen LogP contribution in [0.1, 0.15) is 25.3 Å². The highest BCUT2D eigenvalue weighted by atomic mass is 16.5. The van der Waals surface area contributed by atoms with E-state index in [0.717, 1.165) is 17.4 Å². The van der Waals surface area contributed by atoms with E-state index in [9.17, 15) is 9.59 Å². The predicted octanol–water partition coefficient (Wildman–Crippen LogP) is 2.72. The molecule has 0 saturated heterocycles. The molecule has 1 aromatic rings. The number of aldehydes is 1. The van der Waals surface area contributed by atoms with E-state index in [1.165, 1.54) is 7.11 Å². The zero-order valence-electron chi connectivity index (χ0n) is 11.4. The van der Waals surface area contributed by atoms with E-state index >= 15 is 0 Å². The largest absolute Gasteiger partial charge is 0.469 e. The van der Waals surface area contributed by atoms with Gasteiger partial charge in [-0.3, -0.25) is 4.79 Å². The molecule has 1 fully saturated rings. The third kappa shape index (κ3) is 2.46. The van der Waals surface area contributed by atoms with Gasteiger partial charge in [-0.25, -0.2) is 0 Å². The summed E-state index contributed by atoms with van der Waals surface area (Å²) in [5, 5.41) is 0. The maximum absolute atomic E-state index is 11.7. The molecule has 0 radical (unpaired) electrons. The minimum Gasteiger partial charge on any atom is -0.469 e. The standard InChI is InChI=1S/C16H18O3/c1-16(2)13(14(16)15(18)19-3)9-12(10-17)11-7-5-4-6-8-11/h4-10,12,14H,1-3H3. The number of hydrogen-bond donors (Lipinski definition) is 0. The van der Waals surface area contributed by atoms with Crippen LogP contribution in [-0.4, -0.2) is 19.4 Å². The Balaban J connectivity index is 2.26. The number of ether oxygens (including phenoxy) is 1. The summed E-state index contributed by atoms with van der Waals surface area (Å²) in [7, 11) is 1.39. The highest BCUT2D eigenvalue weighted by molar-refractivity contribution is 5.84. The van der Waals surface area contributed by atoms with Crippen molar-refractivity contribution in [3.63, 3.8) is 0 Å². The Bertz CT molecular complexity index is 514. The van der Waals surface area contributed by atoms with E-state index in [0.29, 0.717) is 0 Å². The van der Waals surface area contributed by atoms with Gasteiger partial charge in [-0.15, -0.1) is 0 Å². The Kier molecular flexibility index (Phi) is 3.56. The molecule has 2 unspecified atom stereocenters. The molecule has 2 atom stereocenters. The van der Waals surface area contributed by atoms with Gasteiger partial charge in [0.2, 0.25) is 0 Å². The van der Waals surface area contributed by atoms with E-state index in [2.05, 4.69) is 0 Å². The number of benzene rings is 1. The number of rotatable bonds is 4. The van der Waals surface area contributed by atoms with Gasteiger partial charge in [0.15, 0.2) is 0 Å². The van der Waals surface area contributed by atoms with Gasteiger partial charge in [-0.05, 0) is 5.56 Å². The van der Waals surface area contributed by atoms with Crippen molar-refractivity contribution in [2.24, 2.45) is 11.3 Å². The normalized spacial score (nSPS) is 23.7. The Hall–Kier alpha value is -1.90. The summed E-state index contributed by atoms with van der Waals surface area (Å²) in [6.07, 6.45) is 2.80. The second-order valence-electron chi connectivity index (χ2n) is 5.37. The molecular formula is C16H18O3. The lowest BCUT2D eigenvalue weighted by Gasteiger charge is -2.04. The second-order valence-corrected chi connectivity index (χ2v) is 5.37. The topological polar surface area (TPSA) is 43.4 Å². The zero-order chi connectivity index (χ0) is 14.0. The van der Waals surface area contributed by atoms with Crippen LogP contribution in [0.3, 0.4) is 0 Å². The number of carbonyl (C=O) groups excluding carboxylic acids is 2. The molecule has 100 valence electrons. The van der Waals surface area contributed by atoms with Gasteiger partial charge < -0.3 is 9.53 Å². The Labute approximate surface area is 113 Å². The molecule has 2 rings (SSSR count). The highest BCUT2D eigenvalue weighted by Gasteiger charge is 2.57. The SMILES string of the molecule is COC(=O)C1C(=CC(C=O)c2ccccc2)C1(C)C. The molecule has 1 aromatic carbocycles. The zero-order valence-corrected chi connectivity index (χ0v) is 11.4. The van der Waals surface area contributed by atoms with E-state index in [1.807, 2.05) is 50.3 Å². The van der Waals surface area contributed by atoms with Gasteiger partial charge in [0.25, 0.3) is 0 Å². The van der Waals surface area contributed by atoms with Gasteiger partial charge >= 0.3 is 5.97 Å². The minimum absolute atomic E-state index is 0.205. The predicted molar refractivity (Wildman–Crippen MR) is 72.6 cm³/mol. The molecule has 0 N–H and O–H groups in total. The summed E-state index contributed by atoms with van der Waals surface area (Å²) < 4.78 is 4.79. The molecule has 0 amide bonds. The smallest absolute Gasteiger partial charge is 0.313 e. The first kappa shape index (κ1) is 13.5. The molecule has 0 bridgehead atoms. The highest BCUT2D eigenvalue weighted by Crippen LogP contribution is 2.58. The summed E-state index contributed by atoms with van der Waals surface area (Å²) in [6, 6.07) is 9.55. The molecular weight excluding hydrogens is 240 g/mol. The lowest BCUT2D eigenvalue weighted by atomic mass is 9.99. The minimum atomic E-state index is -0.301. The fourth-order valence-electron chi connectivity index (χ4n) is 2.51. The van der Waals surface area contributed by atoms with Crippen LogP contribution in [0.5, 0.6) is 0 Å². The molecule has 0 heterocycles. The van der Waals surface area contributed by atoms with Crippen LogP contribution >= 0.6 is 0 Å². The second kappa shape index (κ2) is 5.00. The summed E-state index contributed by atoms with van der Waals surface area (Å²) in [5.41, 5.74) is 1.72. The van der Waals surface area contributed by atoms with Crippen LogP contribution in [0.2, 0.25) is 0 Å². The molecule has 1 aliphatic rings. The monoisotopic (exact) mass is 258 g/mol. The molecule has 0 aromatic heterocycles. The van der Waals surface area contributed by atoms with Gasteiger partial charge in [0, 0.05) is 5.41 Å². The molecule has 3 nitrogen and oxygen atoms in total. The van der Waals surface area contributed by atoms with Crippen molar-refractivity contribution in [1.29, 1.82) is 0 Å². The summed E-state index contributed by atoms with van der Waals surface area (Å²) >= 11 is 0. The maximum Gasteiger partial charge on any atom is 0.313 e. The average molecular weight is 258 g/mol. The Morgan fingerprint density at radius 3 is 2.47 bits per heavy atom. The first-order valence-corrected chi connectivity index (χ1v) is 6.32. The van der Waals surface area contributed by atoms with Gasteiger partial charge in [0.1, 0.15) is 6.29 Å². The molecule has 0 aliphatic heterocycles. The molecule has 19 heavy (non-hydrogen) atoms. The van der Waals surface area contributed by atoms with E-state index < -0.39 is 0 Å². The molecule has 1 aliphatic carbocycles. The quantitative estimate of drug-likeness (QED) is 0.474. The van der Waals surface area contributed by atoms with Crippen LogP contribution in [0.4, 0.5) is 0 Å². The van der Waals surface area contributed by atoms with E-state index in [4.69, 9.17) is 4.74 Å². The number of allylic oxidation sites excluding steroid dienone is 1. The van der Waals surface area contributed by atoms with Crippen molar-refractivity contribution >= 4 is 12.3 Å². The van der Waals surface area contributed by atoms with Crippen molar-refractivity contribution in [2.45, 2.75) is 19.8 Å². The fourth-order valence-corrected chi connectivity index (χ4v) is 2.51. The summed E-state index contributed by atoms with van der Waals surface area (Å²) in [5.74, 6) is -0.747.